The molecule has 164 valence electrons. The van der Waals surface area contributed by atoms with E-state index in [1.54, 1.807) is 11.1 Å². The fraction of sp³-hybridized carbons (Fsp3) is 0.429. The highest BCUT2D eigenvalue weighted by Gasteiger charge is 2.24. The molecule has 0 aliphatic carbocycles. The third-order valence-corrected chi connectivity index (χ3v) is 6.07. The zero-order valence-electron chi connectivity index (χ0n) is 17.4. The minimum Gasteiger partial charge on any atom is -0.399 e. The first-order valence-electron chi connectivity index (χ1n) is 10.1. The predicted octanol–water partition coefficient (Wildman–Crippen LogP) is 2.91. The summed E-state index contributed by atoms with van der Waals surface area (Å²) in [6, 6.07) is 13.0. The molecule has 4 N–H and O–H groups in total. The number of benzene rings is 2. The molecule has 9 heteroatoms. The summed E-state index contributed by atoms with van der Waals surface area (Å²) in [7, 11) is -4.15. The number of nitrogens with two attached hydrogens (primary N) is 1. The summed E-state index contributed by atoms with van der Waals surface area (Å²) >= 11 is 0. The van der Waals surface area contributed by atoms with Crippen molar-refractivity contribution in [3.05, 3.63) is 48.0 Å². The van der Waals surface area contributed by atoms with Crippen molar-refractivity contribution in [2.24, 2.45) is 0 Å². The molecule has 30 heavy (non-hydrogen) atoms. The van der Waals surface area contributed by atoms with E-state index in [2.05, 4.69) is 10.3 Å². The molecule has 0 spiro atoms. The van der Waals surface area contributed by atoms with Crippen molar-refractivity contribution in [1.82, 2.24) is 0 Å². The number of nitrogens with zero attached hydrogens (tertiary/aromatic N) is 2. The minimum atomic E-state index is -4.15. The Labute approximate surface area is 178 Å². The minimum absolute atomic E-state index is 0.383. The molecule has 1 fully saturated rings. The van der Waals surface area contributed by atoms with E-state index in [4.69, 9.17) is 10.5 Å². The lowest BCUT2D eigenvalue weighted by molar-refractivity contribution is 0.122. The standard InChI is InChI=1S/C21H30N4O4S/c1-3-18(15-30(26,27)28)25(20-8-9-21(22)16(2)14-20)23-17-4-6-19(7-5-17)24-10-12-29-13-11-24/h4-9,14,18,23H,3,10-13,15,22H2,1-2H3,(H,26,27,28). The van der Waals surface area contributed by atoms with Crippen molar-refractivity contribution < 1.29 is 17.7 Å². The maximum absolute atomic E-state index is 11.6. The summed E-state index contributed by atoms with van der Waals surface area (Å²) in [4.78, 5) is 2.27. The molecule has 1 aliphatic rings. The molecule has 0 bridgehead atoms. The Hall–Kier alpha value is -2.49. The van der Waals surface area contributed by atoms with Crippen molar-refractivity contribution in [2.45, 2.75) is 26.3 Å². The molecule has 0 radical (unpaired) electrons. The fourth-order valence-corrected chi connectivity index (χ4v) is 4.37. The normalized spacial score (nSPS) is 15.6. The molecule has 1 atom stereocenters. The van der Waals surface area contributed by atoms with E-state index in [0.717, 1.165) is 48.9 Å². The van der Waals surface area contributed by atoms with Crippen LogP contribution in [0.1, 0.15) is 18.9 Å². The van der Waals surface area contributed by atoms with E-state index in [1.165, 1.54) is 0 Å². The van der Waals surface area contributed by atoms with E-state index in [0.29, 0.717) is 12.1 Å². The van der Waals surface area contributed by atoms with Gasteiger partial charge in [-0.2, -0.15) is 8.42 Å². The Kier molecular flexibility index (Phi) is 7.06. The number of nitrogens with one attached hydrogen (secondary N) is 1. The second-order valence-electron chi connectivity index (χ2n) is 7.48. The Morgan fingerprint density at radius 3 is 2.43 bits per heavy atom. The van der Waals surface area contributed by atoms with E-state index in [-0.39, 0.29) is 5.75 Å². The second-order valence-corrected chi connectivity index (χ2v) is 8.98. The summed E-state index contributed by atoms with van der Waals surface area (Å²) < 4.78 is 38.0. The Bertz CT molecular complexity index is 944. The van der Waals surface area contributed by atoms with Crippen LogP contribution in [-0.2, 0) is 14.9 Å². The van der Waals surface area contributed by atoms with Crippen LogP contribution in [0.5, 0.6) is 0 Å². The highest BCUT2D eigenvalue weighted by atomic mass is 32.2. The quantitative estimate of drug-likeness (QED) is 0.331. The molecule has 3 rings (SSSR count). The first-order chi connectivity index (χ1) is 14.3. The first kappa shape index (κ1) is 22.2. The molecular formula is C21H30N4O4S. The van der Waals surface area contributed by atoms with E-state index < -0.39 is 16.2 Å². The van der Waals surface area contributed by atoms with Crippen LogP contribution in [0.15, 0.2) is 42.5 Å². The molecule has 0 aromatic heterocycles. The van der Waals surface area contributed by atoms with Gasteiger partial charge in [0.15, 0.2) is 0 Å². The van der Waals surface area contributed by atoms with Crippen LogP contribution in [0, 0.1) is 6.92 Å². The Morgan fingerprint density at radius 2 is 1.87 bits per heavy atom. The number of ether oxygens (including phenoxy) is 1. The van der Waals surface area contributed by atoms with Crippen LogP contribution < -0.4 is 21.1 Å². The predicted molar refractivity (Wildman–Crippen MR) is 122 cm³/mol. The number of nitrogen functional groups attached to an aromatic ring is 1. The Morgan fingerprint density at radius 1 is 1.20 bits per heavy atom. The van der Waals surface area contributed by atoms with Gasteiger partial charge in [0.1, 0.15) is 0 Å². The Balaban J connectivity index is 1.86. The summed E-state index contributed by atoms with van der Waals surface area (Å²) in [5.41, 5.74) is 13.5. The van der Waals surface area contributed by atoms with Crippen LogP contribution in [0.3, 0.4) is 0 Å². The zero-order valence-corrected chi connectivity index (χ0v) is 18.2. The summed E-state index contributed by atoms with van der Waals surface area (Å²) in [6.07, 6.45) is 0.516. The molecule has 1 aliphatic heterocycles. The molecule has 1 heterocycles. The molecule has 8 nitrogen and oxygen atoms in total. The monoisotopic (exact) mass is 434 g/mol. The molecule has 1 saturated heterocycles. The van der Waals surface area contributed by atoms with Gasteiger partial charge >= 0.3 is 0 Å². The maximum Gasteiger partial charge on any atom is 0.266 e. The van der Waals surface area contributed by atoms with Crippen LogP contribution in [-0.4, -0.2) is 51.1 Å². The summed E-state index contributed by atoms with van der Waals surface area (Å²) in [6.45, 7) is 6.94. The third kappa shape index (κ3) is 5.78. The third-order valence-electron chi connectivity index (χ3n) is 5.26. The first-order valence-corrected chi connectivity index (χ1v) is 11.7. The van der Waals surface area contributed by atoms with Crippen molar-refractivity contribution >= 4 is 32.9 Å². The average Bonchev–Trinajstić information content (AvgIpc) is 2.73. The van der Waals surface area contributed by atoms with Gasteiger partial charge in [-0.3, -0.25) is 15.0 Å². The lowest BCUT2D eigenvalue weighted by Gasteiger charge is -2.34. The highest BCUT2D eigenvalue weighted by molar-refractivity contribution is 7.85. The number of aryl methyl sites for hydroxylation is 1. The SMILES string of the molecule is CCC(CS(=O)(=O)O)N(Nc1ccc(N2CCOCC2)cc1)c1ccc(N)c(C)c1. The fourth-order valence-electron chi connectivity index (χ4n) is 3.50. The van der Waals surface area contributed by atoms with Crippen molar-refractivity contribution in [1.29, 1.82) is 0 Å². The van der Waals surface area contributed by atoms with Crippen molar-refractivity contribution in [3.63, 3.8) is 0 Å². The molecule has 2 aromatic carbocycles. The van der Waals surface area contributed by atoms with Crippen LogP contribution >= 0.6 is 0 Å². The van der Waals surface area contributed by atoms with Gasteiger partial charge in [0.25, 0.3) is 10.1 Å². The van der Waals surface area contributed by atoms with Gasteiger partial charge in [0, 0.05) is 24.5 Å². The lowest BCUT2D eigenvalue weighted by atomic mass is 10.1. The number of rotatable bonds is 8. The number of anilines is 4. The maximum atomic E-state index is 11.6. The van der Waals surface area contributed by atoms with Crippen molar-refractivity contribution in [3.8, 4) is 0 Å². The van der Waals surface area contributed by atoms with Gasteiger partial charge in [-0.15, -0.1) is 0 Å². The molecular weight excluding hydrogens is 404 g/mol. The number of hydrogen-bond acceptors (Lipinski definition) is 7. The van der Waals surface area contributed by atoms with Gasteiger partial charge in [-0.25, -0.2) is 0 Å². The zero-order chi connectivity index (χ0) is 21.7. The molecule has 1 unspecified atom stereocenters. The number of morpholine rings is 1. The number of hydrogen-bond donors (Lipinski definition) is 3. The number of hydrazine groups is 1. The summed E-state index contributed by atoms with van der Waals surface area (Å²) in [5, 5.41) is 1.78. The lowest BCUT2D eigenvalue weighted by Crippen LogP contribution is -2.44. The second kappa shape index (κ2) is 9.55. The van der Waals surface area contributed by atoms with Gasteiger partial charge in [-0.05, 0) is 61.4 Å². The van der Waals surface area contributed by atoms with E-state index in [9.17, 15) is 13.0 Å². The van der Waals surface area contributed by atoms with Crippen LogP contribution in [0.2, 0.25) is 0 Å². The van der Waals surface area contributed by atoms with Gasteiger partial charge in [-0.1, -0.05) is 6.92 Å². The van der Waals surface area contributed by atoms with E-state index >= 15 is 0 Å². The van der Waals surface area contributed by atoms with Gasteiger partial charge in [0.05, 0.1) is 36.4 Å². The van der Waals surface area contributed by atoms with Crippen molar-refractivity contribution in [2.75, 3.05) is 53.1 Å². The smallest absolute Gasteiger partial charge is 0.266 e. The van der Waals surface area contributed by atoms with Crippen LogP contribution in [0.4, 0.5) is 22.7 Å². The van der Waals surface area contributed by atoms with E-state index in [1.807, 2.05) is 50.2 Å². The molecule has 2 aromatic rings. The topological polar surface area (TPSA) is 108 Å². The largest absolute Gasteiger partial charge is 0.399 e. The van der Waals surface area contributed by atoms with Gasteiger partial charge in [0.2, 0.25) is 0 Å². The highest BCUT2D eigenvalue weighted by Crippen LogP contribution is 2.26. The molecule has 0 amide bonds. The van der Waals surface area contributed by atoms with Crippen LogP contribution in [0.25, 0.3) is 0 Å². The molecule has 0 saturated carbocycles. The summed E-state index contributed by atoms with van der Waals surface area (Å²) in [5.74, 6) is -0.383. The van der Waals surface area contributed by atoms with Gasteiger partial charge < -0.3 is 15.4 Å². The average molecular weight is 435 g/mol.